The summed E-state index contributed by atoms with van der Waals surface area (Å²) in [7, 11) is 0. The maximum atomic E-state index is 12.7. The second-order valence-corrected chi connectivity index (χ2v) is 5.47. The molecule has 3 rings (SSSR count). The molecule has 3 aromatic heterocycles. The Kier molecular flexibility index (Phi) is 3.74. The Morgan fingerprint density at radius 3 is 2.71 bits per heavy atom. The van der Waals surface area contributed by atoms with Gasteiger partial charge in [-0.3, -0.25) is 14.7 Å². The fraction of sp³-hybridized carbons (Fsp3) is 0.143. The van der Waals surface area contributed by atoms with Gasteiger partial charge in [0.2, 0.25) is 5.13 Å². The Bertz CT molecular complexity index is 725. The fourth-order valence-electron chi connectivity index (χ4n) is 1.83. The van der Waals surface area contributed by atoms with Gasteiger partial charge in [-0.2, -0.15) is 0 Å². The van der Waals surface area contributed by atoms with E-state index < -0.39 is 0 Å². The molecular formula is C14H12N4O2S. The van der Waals surface area contributed by atoms with E-state index in [0.717, 1.165) is 5.01 Å². The first kappa shape index (κ1) is 13.4. The summed E-state index contributed by atoms with van der Waals surface area (Å²) in [5.41, 5.74) is 0.546. The third kappa shape index (κ3) is 2.97. The lowest BCUT2D eigenvalue weighted by atomic mass is 10.2. The van der Waals surface area contributed by atoms with Gasteiger partial charge in [-0.05, 0) is 31.2 Å². The fourth-order valence-corrected chi connectivity index (χ4v) is 2.52. The molecular weight excluding hydrogens is 288 g/mol. The van der Waals surface area contributed by atoms with Crippen molar-refractivity contribution in [2.24, 2.45) is 0 Å². The number of aryl methyl sites for hydroxylation is 1. The number of carbonyl (C=O) groups excluding carboxylic acids is 1. The Morgan fingerprint density at radius 1 is 1.29 bits per heavy atom. The molecule has 1 amide bonds. The zero-order chi connectivity index (χ0) is 14.7. The summed E-state index contributed by atoms with van der Waals surface area (Å²) in [6.45, 7) is 2.16. The molecule has 0 radical (unpaired) electrons. The van der Waals surface area contributed by atoms with Crippen molar-refractivity contribution in [3.63, 3.8) is 0 Å². The lowest BCUT2D eigenvalue weighted by molar-refractivity contribution is 0.0983. The van der Waals surface area contributed by atoms with Crippen LogP contribution in [0.5, 0.6) is 0 Å². The monoisotopic (exact) mass is 300 g/mol. The first-order valence-corrected chi connectivity index (χ1v) is 7.10. The molecule has 0 unspecified atom stereocenters. The normalized spacial score (nSPS) is 10.5. The Hall–Kier alpha value is -2.54. The van der Waals surface area contributed by atoms with E-state index >= 15 is 0 Å². The van der Waals surface area contributed by atoms with E-state index in [0.29, 0.717) is 23.0 Å². The number of hydrogen-bond donors (Lipinski definition) is 0. The number of pyridine rings is 1. The van der Waals surface area contributed by atoms with Crippen LogP contribution in [0.15, 0.2) is 47.3 Å². The lowest BCUT2D eigenvalue weighted by Gasteiger charge is -2.18. The molecule has 6 nitrogen and oxygen atoms in total. The number of aromatic nitrogens is 3. The maximum Gasteiger partial charge on any atom is 0.260 e. The van der Waals surface area contributed by atoms with Crippen molar-refractivity contribution in [1.82, 2.24) is 15.2 Å². The summed E-state index contributed by atoms with van der Waals surface area (Å²) in [4.78, 5) is 18.2. The molecule has 0 atom stereocenters. The van der Waals surface area contributed by atoms with Crippen LogP contribution in [0, 0.1) is 6.92 Å². The van der Waals surface area contributed by atoms with Crippen molar-refractivity contribution in [1.29, 1.82) is 0 Å². The van der Waals surface area contributed by atoms with Gasteiger partial charge in [-0.25, -0.2) is 0 Å². The summed E-state index contributed by atoms with van der Waals surface area (Å²) in [6.07, 6.45) is 4.75. The average Bonchev–Trinajstić information content (AvgIpc) is 3.16. The molecule has 7 heteroatoms. The molecule has 0 spiro atoms. The largest absolute Gasteiger partial charge is 0.467 e. The molecule has 0 aliphatic heterocycles. The van der Waals surface area contributed by atoms with Gasteiger partial charge < -0.3 is 4.42 Å². The Morgan fingerprint density at radius 2 is 2.10 bits per heavy atom. The average molecular weight is 300 g/mol. The van der Waals surface area contributed by atoms with Crippen LogP contribution in [0.4, 0.5) is 5.13 Å². The van der Waals surface area contributed by atoms with Crippen molar-refractivity contribution < 1.29 is 9.21 Å². The topological polar surface area (TPSA) is 72.1 Å². The van der Waals surface area contributed by atoms with Crippen LogP contribution in [0.25, 0.3) is 0 Å². The molecule has 0 saturated heterocycles. The number of nitrogens with zero attached hydrogens (tertiary/aromatic N) is 4. The molecule has 0 bridgehead atoms. The van der Waals surface area contributed by atoms with Gasteiger partial charge in [0.1, 0.15) is 10.8 Å². The van der Waals surface area contributed by atoms with Crippen LogP contribution in [-0.2, 0) is 6.54 Å². The summed E-state index contributed by atoms with van der Waals surface area (Å²) >= 11 is 1.37. The highest BCUT2D eigenvalue weighted by Crippen LogP contribution is 2.23. The maximum absolute atomic E-state index is 12.7. The van der Waals surface area contributed by atoms with Crippen LogP contribution in [0.2, 0.25) is 0 Å². The van der Waals surface area contributed by atoms with Crippen LogP contribution in [0.1, 0.15) is 21.1 Å². The van der Waals surface area contributed by atoms with Gasteiger partial charge in [0.25, 0.3) is 5.91 Å². The van der Waals surface area contributed by atoms with Crippen LogP contribution in [-0.4, -0.2) is 21.1 Å². The molecule has 21 heavy (non-hydrogen) atoms. The predicted molar refractivity (Wildman–Crippen MR) is 78.1 cm³/mol. The van der Waals surface area contributed by atoms with E-state index in [1.54, 1.807) is 41.8 Å². The minimum absolute atomic E-state index is 0.162. The van der Waals surface area contributed by atoms with Gasteiger partial charge in [-0.1, -0.05) is 11.3 Å². The first-order valence-electron chi connectivity index (χ1n) is 6.28. The van der Waals surface area contributed by atoms with Crippen molar-refractivity contribution >= 4 is 22.4 Å². The highest BCUT2D eigenvalue weighted by molar-refractivity contribution is 7.15. The second kappa shape index (κ2) is 5.84. The minimum atomic E-state index is -0.162. The smallest absolute Gasteiger partial charge is 0.260 e. The van der Waals surface area contributed by atoms with Gasteiger partial charge in [0.15, 0.2) is 0 Å². The van der Waals surface area contributed by atoms with Crippen molar-refractivity contribution in [3.05, 3.63) is 59.3 Å². The molecule has 0 N–H and O–H groups in total. The first-order chi connectivity index (χ1) is 10.2. The number of anilines is 1. The van der Waals surface area contributed by atoms with Gasteiger partial charge in [-0.15, -0.1) is 10.2 Å². The predicted octanol–water partition coefficient (Wildman–Crippen LogP) is 2.68. The summed E-state index contributed by atoms with van der Waals surface area (Å²) in [6, 6.07) is 6.95. The summed E-state index contributed by atoms with van der Waals surface area (Å²) in [5, 5.41) is 9.38. The Labute approximate surface area is 125 Å². The number of furan rings is 1. The molecule has 3 heterocycles. The number of amides is 1. The van der Waals surface area contributed by atoms with Crippen molar-refractivity contribution in [3.8, 4) is 0 Å². The molecule has 0 fully saturated rings. The molecule has 0 saturated carbocycles. The number of carbonyl (C=O) groups is 1. The highest BCUT2D eigenvalue weighted by atomic mass is 32.1. The van der Waals surface area contributed by atoms with Crippen LogP contribution >= 0.6 is 11.3 Å². The lowest BCUT2D eigenvalue weighted by Crippen LogP contribution is -2.30. The standard InChI is InChI=1S/C14H12N4O2S/c1-10-16-17-14(21-10)18(9-12-3-2-8-20-12)13(19)11-4-6-15-7-5-11/h2-8H,9H2,1H3. The quantitative estimate of drug-likeness (QED) is 0.740. The van der Waals surface area contributed by atoms with E-state index in [1.807, 2.05) is 13.0 Å². The molecule has 0 aromatic carbocycles. The highest BCUT2D eigenvalue weighted by Gasteiger charge is 2.22. The van der Waals surface area contributed by atoms with E-state index in [1.165, 1.54) is 11.3 Å². The van der Waals surface area contributed by atoms with Gasteiger partial charge in [0, 0.05) is 18.0 Å². The van der Waals surface area contributed by atoms with Crippen molar-refractivity contribution in [2.75, 3.05) is 4.90 Å². The molecule has 0 aliphatic carbocycles. The van der Waals surface area contributed by atoms with Crippen LogP contribution < -0.4 is 4.90 Å². The van der Waals surface area contributed by atoms with E-state index in [2.05, 4.69) is 15.2 Å². The molecule has 0 aliphatic rings. The zero-order valence-corrected chi connectivity index (χ0v) is 12.1. The molecule has 3 aromatic rings. The van der Waals surface area contributed by atoms with Crippen molar-refractivity contribution in [2.45, 2.75) is 13.5 Å². The third-order valence-corrected chi connectivity index (χ3v) is 3.67. The summed E-state index contributed by atoms with van der Waals surface area (Å²) in [5.74, 6) is 0.523. The van der Waals surface area contributed by atoms with Gasteiger partial charge >= 0.3 is 0 Å². The van der Waals surface area contributed by atoms with E-state index in [-0.39, 0.29) is 5.91 Å². The zero-order valence-electron chi connectivity index (χ0n) is 11.3. The SMILES string of the molecule is Cc1nnc(N(Cc2ccco2)C(=O)c2ccncc2)s1. The van der Waals surface area contributed by atoms with E-state index in [4.69, 9.17) is 4.42 Å². The Balaban J connectivity index is 1.94. The summed E-state index contributed by atoms with van der Waals surface area (Å²) < 4.78 is 5.33. The second-order valence-electron chi connectivity index (χ2n) is 4.31. The third-order valence-electron chi connectivity index (χ3n) is 2.81. The number of rotatable bonds is 4. The number of hydrogen-bond acceptors (Lipinski definition) is 6. The molecule has 106 valence electrons. The van der Waals surface area contributed by atoms with Crippen LogP contribution in [0.3, 0.4) is 0 Å². The van der Waals surface area contributed by atoms with Gasteiger partial charge in [0.05, 0.1) is 12.8 Å². The minimum Gasteiger partial charge on any atom is -0.467 e. The van der Waals surface area contributed by atoms with E-state index in [9.17, 15) is 4.79 Å².